The van der Waals surface area contributed by atoms with Gasteiger partial charge in [0.2, 0.25) is 0 Å². The van der Waals surface area contributed by atoms with Crippen molar-refractivity contribution in [3.63, 3.8) is 0 Å². The quantitative estimate of drug-likeness (QED) is 0.600. The Labute approximate surface area is 61.4 Å². The van der Waals surface area contributed by atoms with Crippen molar-refractivity contribution in [3.05, 3.63) is 0 Å². The molecular weight excluding hydrogens is 131 g/mol. The Balaban J connectivity index is 2.36. The van der Waals surface area contributed by atoms with Gasteiger partial charge in [-0.05, 0) is 27.1 Å². The predicted molar refractivity (Wildman–Crippen MR) is 39.9 cm³/mol. The van der Waals surface area contributed by atoms with Gasteiger partial charge in [0, 0.05) is 13.1 Å². The summed E-state index contributed by atoms with van der Waals surface area (Å²) in [6.45, 7) is 1.88. The third kappa shape index (κ3) is 1.92. The zero-order chi connectivity index (χ0) is 7.61. The summed E-state index contributed by atoms with van der Waals surface area (Å²) in [5, 5.41) is 3.02. The van der Waals surface area contributed by atoms with E-state index in [4.69, 9.17) is 0 Å². The van der Waals surface area contributed by atoms with Crippen LogP contribution in [0.25, 0.3) is 0 Å². The highest BCUT2D eigenvalue weighted by atomic mass is 19.1. The van der Waals surface area contributed by atoms with E-state index in [0.29, 0.717) is 19.5 Å². The second-order valence-electron chi connectivity index (χ2n) is 3.32. The monoisotopic (exact) mass is 146 g/mol. The molecule has 1 atom stereocenters. The Hall–Kier alpha value is -0.150. The van der Waals surface area contributed by atoms with Crippen molar-refractivity contribution in [2.45, 2.75) is 12.1 Å². The molecule has 10 heavy (non-hydrogen) atoms. The van der Waals surface area contributed by atoms with Crippen molar-refractivity contribution in [1.82, 2.24) is 10.2 Å². The Kier molecular flexibility index (Phi) is 2.26. The van der Waals surface area contributed by atoms with Crippen LogP contribution in [0.15, 0.2) is 0 Å². The van der Waals surface area contributed by atoms with Crippen LogP contribution in [0.3, 0.4) is 0 Å². The first-order chi connectivity index (χ1) is 4.62. The van der Waals surface area contributed by atoms with Crippen molar-refractivity contribution >= 4 is 0 Å². The maximum Gasteiger partial charge on any atom is 0.137 e. The molecule has 0 spiro atoms. The standard InChI is InChI=1S/C7H15FN2/c1-10(2)6-7(8)3-4-9-5-7/h9H,3-6H2,1-2H3. The molecule has 1 aliphatic heterocycles. The SMILES string of the molecule is CN(C)CC1(F)CCNC1. The van der Waals surface area contributed by atoms with Crippen LogP contribution in [0.5, 0.6) is 0 Å². The summed E-state index contributed by atoms with van der Waals surface area (Å²) in [7, 11) is 3.80. The van der Waals surface area contributed by atoms with Crippen LogP contribution < -0.4 is 5.32 Å². The molecule has 0 saturated carbocycles. The molecule has 0 aromatic rings. The molecule has 1 unspecified atom stereocenters. The van der Waals surface area contributed by atoms with E-state index in [1.165, 1.54) is 0 Å². The van der Waals surface area contributed by atoms with E-state index in [2.05, 4.69) is 5.32 Å². The minimum Gasteiger partial charge on any atom is -0.313 e. The molecular formula is C7H15FN2. The van der Waals surface area contributed by atoms with E-state index in [1.54, 1.807) is 0 Å². The van der Waals surface area contributed by atoms with Gasteiger partial charge in [-0.3, -0.25) is 0 Å². The van der Waals surface area contributed by atoms with Gasteiger partial charge in [-0.25, -0.2) is 4.39 Å². The Morgan fingerprint density at radius 1 is 1.60 bits per heavy atom. The van der Waals surface area contributed by atoms with E-state index >= 15 is 0 Å². The number of halogens is 1. The number of nitrogens with zero attached hydrogens (tertiary/aromatic N) is 1. The molecule has 2 nitrogen and oxygen atoms in total. The van der Waals surface area contributed by atoms with Crippen molar-refractivity contribution in [1.29, 1.82) is 0 Å². The summed E-state index contributed by atoms with van der Waals surface area (Å²) >= 11 is 0. The van der Waals surface area contributed by atoms with E-state index in [9.17, 15) is 4.39 Å². The Morgan fingerprint density at radius 2 is 2.30 bits per heavy atom. The van der Waals surface area contributed by atoms with Gasteiger partial charge in [0.05, 0.1) is 0 Å². The van der Waals surface area contributed by atoms with Gasteiger partial charge in [-0.2, -0.15) is 0 Å². The third-order valence-electron chi connectivity index (χ3n) is 1.79. The fraction of sp³-hybridized carbons (Fsp3) is 1.00. The van der Waals surface area contributed by atoms with Crippen molar-refractivity contribution in [3.8, 4) is 0 Å². The van der Waals surface area contributed by atoms with Crippen molar-refractivity contribution in [2.24, 2.45) is 0 Å². The summed E-state index contributed by atoms with van der Waals surface area (Å²) < 4.78 is 13.5. The van der Waals surface area contributed by atoms with E-state index in [1.807, 2.05) is 19.0 Å². The fourth-order valence-corrected chi connectivity index (χ4v) is 1.41. The van der Waals surface area contributed by atoms with E-state index in [0.717, 1.165) is 6.54 Å². The number of rotatable bonds is 2. The molecule has 1 heterocycles. The lowest BCUT2D eigenvalue weighted by Gasteiger charge is -2.22. The predicted octanol–water partition coefficient (Wildman–Crippen LogP) is 0.250. The molecule has 1 saturated heterocycles. The van der Waals surface area contributed by atoms with Gasteiger partial charge < -0.3 is 10.2 Å². The van der Waals surface area contributed by atoms with Gasteiger partial charge in [-0.1, -0.05) is 0 Å². The average Bonchev–Trinajstić information content (AvgIpc) is 2.12. The number of nitrogens with one attached hydrogen (secondary N) is 1. The average molecular weight is 146 g/mol. The normalized spacial score (nSPS) is 33.6. The lowest BCUT2D eigenvalue weighted by atomic mass is 10.1. The number of alkyl halides is 1. The first-order valence-corrected chi connectivity index (χ1v) is 3.67. The number of hydrogen-bond acceptors (Lipinski definition) is 2. The molecule has 1 aliphatic rings. The number of hydrogen-bond donors (Lipinski definition) is 1. The molecule has 0 aromatic heterocycles. The first kappa shape index (κ1) is 7.95. The first-order valence-electron chi connectivity index (χ1n) is 3.67. The molecule has 0 bridgehead atoms. The molecule has 0 radical (unpaired) electrons. The molecule has 0 aliphatic carbocycles. The van der Waals surface area contributed by atoms with Crippen molar-refractivity contribution < 1.29 is 4.39 Å². The lowest BCUT2D eigenvalue weighted by Crippen LogP contribution is -2.37. The molecule has 0 aromatic carbocycles. The lowest BCUT2D eigenvalue weighted by molar-refractivity contribution is 0.139. The van der Waals surface area contributed by atoms with E-state index in [-0.39, 0.29) is 0 Å². The summed E-state index contributed by atoms with van der Waals surface area (Å²) in [5.74, 6) is 0. The Bertz CT molecular complexity index is 108. The zero-order valence-electron chi connectivity index (χ0n) is 6.65. The van der Waals surface area contributed by atoms with Crippen LogP contribution >= 0.6 is 0 Å². The Morgan fingerprint density at radius 3 is 2.70 bits per heavy atom. The van der Waals surface area contributed by atoms with Gasteiger partial charge in [0.1, 0.15) is 5.67 Å². The topological polar surface area (TPSA) is 15.3 Å². The fourth-order valence-electron chi connectivity index (χ4n) is 1.41. The molecule has 0 amide bonds. The highest BCUT2D eigenvalue weighted by Crippen LogP contribution is 2.19. The second kappa shape index (κ2) is 2.84. The van der Waals surface area contributed by atoms with E-state index < -0.39 is 5.67 Å². The van der Waals surface area contributed by atoms with Crippen LogP contribution in [-0.4, -0.2) is 44.3 Å². The molecule has 3 heteroatoms. The summed E-state index contributed by atoms with van der Waals surface area (Å²) in [6, 6.07) is 0. The molecule has 1 rings (SSSR count). The van der Waals surface area contributed by atoms with Gasteiger partial charge in [-0.15, -0.1) is 0 Å². The highest BCUT2D eigenvalue weighted by molar-refractivity contribution is 4.89. The maximum absolute atomic E-state index is 13.5. The second-order valence-corrected chi connectivity index (χ2v) is 3.32. The van der Waals surface area contributed by atoms with Gasteiger partial charge in [0.15, 0.2) is 0 Å². The van der Waals surface area contributed by atoms with Crippen molar-refractivity contribution in [2.75, 3.05) is 33.7 Å². The summed E-state index contributed by atoms with van der Waals surface area (Å²) in [4.78, 5) is 1.90. The zero-order valence-corrected chi connectivity index (χ0v) is 6.65. The summed E-state index contributed by atoms with van der Waals surface area (Å²) in [5.41, 5.74) is -0.969. The smallest absolute Gasteiger partial charge is 0.137 e. The highest BCUT2D eigenvalue weighted by Gasteiger charge is 2.33. The largest absolute Gasteiger partial charge is 0.313 e. The van der Waals surface area contributed by atoms with Gasteiger partial charge >= 0.3 is 0 Å². The van der Waals surface area contributed by atoms with Crippen LogP contribution in [0.1, 0.15) is 6.42 Å². The van der Waals surface area contributed by atoms with Crippen LogP contribution in [-0.2, 0) is 0 Å². The van der Waals surface area contributed by atoms with Gasteiger partial charge in [0.25, 0.3) is 0 Å². The van der Waals surface area contributed by atoms with Crippen LogP contribution in [0.4, 0.5) is 4.39 Å². The molecule has 1 fully saturated rings. The minimum absolute atomic E-state index is 0.519. The third-order valence-corrected chi connectivity index (χ3v) is 1.79. The van der Waals surface area contributed by atoms with Crippen LogP contribution in [0, 0.1) is 0 Å². The summed E-state index contributed by atoms with van der Waals surface area (Å²) in [6.07, 6.45) is 0.658. The molecule has 1 N–H and O–H groups in total. The van der Waals surface area contributed by atoms with Crippen LogP contribution in [0.2, 0.25) is 0 Å². The molecule has 60 valence electrons. The minimum atomic E-state index is -0.969. The maximum atomic E-state index is 13.5.